The van der Waals surface area contributed by atoms with Crippen LogP contribution in [0.3, 0.4) is 0 Å². The van der Waals surface area contributed by atoms with Crippen LogP contribution in [0.25, 0.3) is 0 Å². The van der Waals surface area contributed by atoms with Gasteiger partial charge in [-0.15, -0.1) is 0 Å². The first-order valence-electron chi connectivity index (χ1n) is 7.30. The van der Waals surface area contributed by atoms with Gasteiger partial charge in [0.2, 0.25) is 0 Å². The fourth-order valence-electron chi connectivity index (χ4n) is 0.830. The van der Waals surface area contributed by atoms with E-state index in [1.54, 1.807) is 49.4 Å². The van der Waals surface area contributed by atoms with Crippen molar-refractivity contribution in [3.8, 4) is 0 Å². The van der Waals surface area contributed by atoms with E-state index >= 15 is 0 Å². The zero-order valence-corrected chi connectivity index (χ0v) is 14.8. The molecule has 0 saturated heterocycles. The van der Waals surface area contributed by atoms with Crippen molar-refractivity contribution in [3.05, 3.63) is 60.2 Å². The van der Waals surface area contributed by atoms with Gasteiger partial charge in [0, 0.05) is 19.4 Å². The number of benzene rings is 1. The van der Waals surface area contributed by atoms with Gasteiger partial charge in [-0.3, -0.25) is 9.59 Å². The summed E-state index contributed by atoms with van der Waals surface area (Å²) < 4.78 is 0. The lowest BCUT2D eigenvalue weighted by molar-refractivity contribution is -0.137. The minimum Gasteiger partial charge on any atom is -0.481 e. The van der Waals surface area contributed by atoms with Crippen molar-refractivity contribution in [3.63, 3.8) is 0 Å². The molecule has 0 aliphatic carbocycles. The molecule has 1 aromatic carbocycles. The molecule has 8 nitrogen and oxygen atoms in total. The van der Waals surface area contributed by atoms with Crippen LogP contribution in [0.4, 0.5) is 0 Å². The van der Waals surface area contributed by atoms with Gasteiger partial charge in [0.25, 0.3) is 5.97 Å². The predicted molar refractivity (Wildman–Crippen MR) is 96.2 cm³/mol. The van der Waals surface area contributed by atoms with E-state index in [1.165, 1.54) is 6.08 Å². The average Bonchev–Trinajstić information content (AvgIpc) is 2.56. The molecule has 26 heavy (non-hydrogen) atoms. The maximum absolute atomic E-state index is 10.2. The molecule has 0 saturated carbocycles. The second-order valence-corrected chi connectivity index (χ2v) is 4.16. The summed E-state index contributed by atoms with van der Waals surface area (Å²) >= 11 is 0. The van der Waals surface area contributed by atoms with Crippen LogP contribution in [-0.2, 0) is 14.4 Å². The number of carboxylic acids is 4. The number of carbonyl (C=O) groups is 4. The van der Waals surface area contributed by atoms with Crippen LogP contribution in [0, 0.1) is 0 Å². The van der Waals surface area contributed by atoms with E-state index in [1.807, 2.05) is 6.92 Å². The maximum atomic E-state index is 10.2. The first-order chi connectivity index (χ1) is 12.1. The van der Waals surface area contributed by atoms with E-state index in [0.29, 0.717) is 5.56 Å². The molecule has 4 N–H and O–H groups in total. The Morgan fingerprint density at radius 2 is 1.35 bits per heavy atom. The average molecular weight is 368 g/mol. The molecule has 0 radical (unpaired) electrons. The monoisotopic (exact) mass is 368 g/mol. The number of hydrogen-bond donors (Lipinski definition) is 4. The van der Waals surface area contributed by atoms with Crippen LogP contribution in [-0.4, -0.2) is 44.3 Å². The van der Waals surface area contributed by atoms with Gasteiger partial charge in [0.1, 0.15) is 0 Å². The van der Waals surface area contributed by atoms with Crippen LogP contribution in [0.1, 0.15) is 37.6 Å². The Balaban J connectivity index is -0.000000286. The van der Waals surface area contributed by atoms with Gasteiger partial charge in [-0.05, 0) is 19.1 Å². The Labute approximate surface area is 151 Å². The summed E-state index contributed by atoms with van der Waals surface area (Å²) in [5.74, 6) is -3.37. The summed E-state index contributed by atoms with van der Waals surface area (Å²) in [5, 5.41) is 31.5. The summed E-state index contributed by atoms with van der Waals surface area (Å²) in [6, 6.07) is 8.30. The fourth-order valence-corrected chi connectivity index (χ4v) is 0.830. The van der Waals surface area contributed by atoms with Crippen molar-refractivity contribution < 1.29 is 39.6 Å². The molecule has 0 heterocycles. The molecular weight excluding hydrogens is 344 g/mol. The third-order valence-electron chi connectivity index (χ3n) is 1.87. The molecular formula is C18H24O8. The first kappa shape index (κ1) is 27.4. The van der Waals surface area contributed by atoms with Crippen molar-refractivity contribution in [1.29, 1.82) is 0 Å². The molecule has 0 fully saturated rings. The van der Waals surface area contributed by atoms with Gasteiger partial charge < -0.3 is 20.4 Å². The van der Waals surface area contributed by atoms with Crippen LogP contribution < -0.4 is 0 Å². The van der Waals surface area contributed by atoms with Crippen molar-refractivity contribution in [1.82, 2.24) is 0 Å². The molecule has 0 aliphatic heterocycles. The van der Waals surface area contributed by atoms with Crippen molar-refractivity contribution in [2.75, 3.05) is 0 Å². The van der Waals surface area contributed by atoms with Gasteiger partial charge >= 0.3 is 17.9 Å². The number of rotatable bonds is 4. The number of aromatic carboxylic acids is 1. The van der Waals surface area contributed by atoms with Crippen LogP contribution in [0.5, 0.6) is 0 Å². The normalized spacial score (nSPS) is 8.88. The number of aliphatic carboxylic acids is 3. The predicted octanol–water partition coefficient (Wildman–Crippen LogP) is 3.16. The number of allylic oxidation sites excluding steroid dienone is 3. The Morgan fingerprint density at radius 3 is 1.58 bits per heavy atom. The molecule has 0 aromatic heterocycles. The van der Waals surface area contributed by atoms with Gasteiger partial charge in [-0.2, -0.15) is 0 Å². The lowest BCUT2D eigenvalue weighted by Crippen LogP contribution is -1.93. The van der Waals surface area contributed by atoms with Crippen molar-refractivity contribution >= 4 is 23.9 Å². The fraction of sp³-hybridized carbons (Fsp3) is 0.222. The highest BCUT2D eigenvalue weighted by Gasteiger charge is 1.96. The number of carboxylic acid groups (broad SMARTS) is 4. The van der Waals surface area contributed by atoms with Crippen LogP contribution in [0.2, 0.25) is 0 Å². The third kappa shape index (κ3) is 32.5. The van der Waals surface area contributed by atoms with Gasteiger partial charge in [0.15, 0.2) is 0 Å². The van der Waals surface area contributed by atoms with E-state index in [9.17, 15) is 14.4 Å². The minimum atomic E-state index is -0.914. The van der Waals surface area contributed by atoms with Gasteiger partial charge in [0.05, 0.1) is 5.56 Å². The summed E-state index contributed by atoms with van der Waals surface area (Å²) in [7, 11) is 0. The summed E-state index contributed by atoms with van der Waals surface area (Å²) in [6.45, 7) is 4.51. The zero-order valence-electron chi connectivity index (χ0n) is 14.8. The van der Waals surface area contributed by atoms with E-state index in [-0.39, 0.29) is 6.42 Å². The molecule has 0 unspecified atom stereocenters. The second-order valence-electron chi connectivity index (χ2n) is 4.16. The molecule has 1 aromatic rings. The molecule has 0 atom stereocenters. The highest BCUT2D eigenvalue weighted by Crippen LogP contribution is 1.96. The Hall–Kier alpha value is -3.42. The van der Waals surface area contributed by atoms with E-state index in [4.69, 9.17) is 25.2 Å². The quantitative estimate of drug-likeness (QED) is 0.467. The lowest BCUT2D eigenvalue weighted by Gasteiger charge is -1.88. The topological polar surface area (TPSA) is 149 Å². The van der Waals surface area contributed by atoms with Crippen LogP contribution in [0.15, 0.2) is 54.6 Å². The van der Waals surface area contributed by atoms with Crippen molar-refractivity contribution in [2.45, 2.75) is 27.2 Å². The molecule has 0 spiro atoms. The van der Waals surface area contributed by atoms with Gasteiger partial charge in [-0.1, -0.05) is 43.4 Å². The third-order valence-corrected chi connectivity index (χ3v) is 1.87. The summed E-state index contributed by atoms with van der Waals surface area (Å²) in [5.41, 5.74) is 0.331. The number of hydrogen-bond acceptors (Lipinski definition) is 4. The van der Waals surface area contributed by atoms with E-state index in [0.717, 1.165) is 13.0 Å². The standard InChI is InChI=1S/C7H6O2.C6H8O2.C3H6O2.C2H4O2/c8-7(9)6-4-2-1-3-5-6;1-2-3-4-5-6(7)8;1-2-3(4)5;1-2(3)4/h1-5H,(H,8,9);2-5H,1H3,(H,7,8);2H2,1H3,(H,4,5);1H3,(H,3,4)/b;3-2+,5-4+;;. The lowest BCUT2D eigenvalue weighted by atomic mass is 10.2. The van der Waals surface area contributed by atoms with Crippen molar-refractivity contribution in [2.24, 2.45) is 0 Å². The highest BCUT2D eigenvalue weighted by molar-refractivity contribution is 5.87. The smallest absolute Gasteiger partial charge is 0.335 e. The molecule has 144 valence electrons. The highest BCUT2D eigenvalue weighted by atomic mass is 16.4. The maximum Gasteiger partial charge on any atom is 0.335 e. The minimum absolute atomic E-state index is 0.222. The largest absolute Gasteiger partial charge is 0.481 e. The van der Waals surface area contributed by atoms with Crippen LogP contribution >= 0.6 is 0 Å². The SMILES string of the molecule is C/C=C/C=C/C(=O)O.CC(=O)O.CCC(=O)O.O=C(O)c1ccccc1. The van der Waals surface area contributed by atoms with Gasteiger partial charge in [-0.25, -0.2) is 9.59 Å². The molecule has 0 amide bonds. The Kier molecular flexibility index (Phi) is 20.7. The molecule has 8 heteroatoms. The van der Waals surface area contributed by atoms with E-state index in [2.05, 4.69) is 0 Å². The zero-order chi connectivity index (χ0) is 21.0. The Morgan fingerprint density at radius 1 is 0.923 bits per heavy atom. The Bertz CT molecular complexity index is 584. The molecule has 0 aliphatic rings. The summed E-state index contributed by atoms with van der Waals surface area (Å²) in [6.07, 6.45) is 6.20. The van der Waals surface area contributed by atoms with E-state index < -0.39 is 23.9 Å². The first-order valence-corrected chi connectivity index (χ1v) is 7.30. The summed E-state index contributed by atoms with van der Waals surface area (Å²) in [4.78, 5) is 38.3. The molecule has 1 rings (SSSR count). The molecule has 0 bridgehead atoms. The second kappa shape index (κ2) is 19.6.